The lowest BCUT2D eigenvalue weighted by Crippen LogP contribution is -2.25. The van der Waals surface area contributed by atoms with Crippen molar-refractivity contribution in [2.45, 2.75) is 19.1 Å². The van der Waals surface area contributed by atoms with Gasteiger partial charge in [-0.25, -0.2) is 4.79 Å². The van der Waals surface area contributed by atoms with E-state index in [2.05, 4.69) is 5.32 Å². The molecule has 30 heavy (non-hydrogen) atoms. The topological polar surface area (TPSA) is 84.9 Å². The van der Waals surface area contributed by atoms with Gasteiger partial charge in [0.2, 0.25) is 0 Å². The lowest BCUT2D eigenvalue weighted by atomic mass is 9.93. The molecule has 1 atom stereocenters. The molecule has 0 saturated heterocycles. The highest BCUT2D eigenvalue weighted by molar-refractivity contribution is 5.97. The van der Waals surface area contributed by atoms with E-state index in [-0.39, 0.29) is 24.3 Å². The first-order valence-electron chi connectivity index (χ1n) is 9.58. The maximum absolute atomic E-state index is 12.7. The molecule has 6 nitrogen and oxygen atoms in total. The maximum atomic E-state index is 12.7. The Morgan fingerprint density at radius 3 is 2.70 bits per heavy atom. The zero-order valence-electron chi connectivity index (χ0n) is 16.4. The molecule has 0 saturated carbocycles. The Morgan fingerprint density at radius 2 is 1.93 bits per heavy atom. The number of phenolic OH excluding ortho intramolecular Hbond substituents is 1. The quantitative estimate of drug-likeness (QED) is 0.633. The van der Waals surface area contributed by atoms with Gasteiger partial charge in [0.1, 0.15) is 17.6 Å². The number of aromatic hydroxyl groups is 1. The minimum atomic E-state index is -0.390. The third-order valence-corrected chi connectivity index (χ3v) is 5.14. The second-order valence-corrected chi connectivity index (χ2v) is 7.06. The van der Waals surface area contributed by atoms with E-state index in [1.54, 1.807) is 30.3 Å². The number of fused-ring (bicyclic) bond motifs is 1. The molecule has 1 unspecified atom stereocenters. The van der Waals surface area contributed by atoms with Crippen molar-refractivity contribution >= 4 is 11.9 Å². The molecule has 2 N–H and O–H groups in total. The number of nitrogens with one attached hydrogen (secondary N) is 1. The van der Waals surface area contributed by atoms with Gasteiger partial charge in [0, 0.05) is 24.1 Å². The smallest absolute Gasteiger partial charge is 0.339 e. The molecule has 6 heteroatoms. The van der Waals surface area contributed by atoms with Crippen molar-refractivity contribution in [3.8, 4) is 11.5 Å². The van der Waals surface area contributed by atoms with Crippen LogP contribution in [0, 0.1) is 0 Å². The largest absolute Gasteiger partial charge is 0.508 e. The van der Waals surface area contributed by atoms with Crippen LogP contribution in [0.25, 0.3) is 0 Å². The molecular weight excluding hydrogens is 382 g/mol. The molecule has 0 spiro atoms. The molecule has 4 rings (SSSR count). The lowest BCUT2D eigenvalue weighted by molar-refractivity contribution is 0.0252. The predicted molar refractivity (Wildman–Crippen MR) is 111 cm³/mol. The first-order chi connectivity index (χ1) is 14.5. The molecule has 3 aromatic carbocycles. The number of rotatable bonds is 5. The van der Waals surface area contributed by atoms with Gasteiger partial charge >= 0.3 is 5.97 Å². The zero-order valence-corrected chi connectivity index (χ0v) is 16.4. The molecule has 0 radical (unpaired) electrons. The monoisotopic (exact) mass is 403 g/mol. The summed E-state index contributed by atoms with van der Waals surface area (Å²) in [5.41, 5.74) is 3.16. The fraction of sp³-hybridized carbons (Fsp3) is 0.167. The van der Waals surface area contributed by atoms with Crippen LogP contribution in [0.4, 0.5) is 0 Å². The van der Waals surface area contributed by atoms with Crippen molar-refractivity contribution in [3.05, 3.63) is 94.5 Å². The summed E-state index contributed by atoms with van der Waals surface area (Å²) < 4.78 is 10.7. The van der Waals surface area contributed by atoms with E-state index < -0.39 is 5.97 Å². The third-order valence-electron chi connectivity index (χ3n) is 5.14. The second-order valence-electron chi connectivity index (χ2n) is 7.06. The second kappa shape index (κ2) is 8.29. The fourth-order valence-corrected chi connectivity index (χ4v) is 3.50. The molecule has 0 fully saturated rings. The third kappa shape index (κ3) is 3.98. The minimum Gasteiger partial charge on any atom is -0.508 e. The van der Waals surface area contributed by atoms with E-state index in [1.165, 1.54) is 13.2 Å². The average Bonchev–Trinajstić information content (AvgIpc) is 2.78. The molecule has 1 heterocycles. The van der Waals surface area contributed by atoms with Crippen molar-refractivity contribution in [2.75, 3.05) is 7.11 Å². The summed E-state index contributed by atoms with van der Waals surface area (Å²) in [7, 11) is 1.54. The van der Waals surface area contributed by atoms with Gasteiger partial charge in [-0.3, -0.25) is 4.79 Å². The number of amides is 1. The summed E-state index contributed by atoms with van der Waals surface area (Å²) in [6.07, 6.45) is 0.126. The normalized spacial score (nSPS) is 15.1. The number of esters is 1. The highest BCUT2D eigenvalue weighted by atomic mass is 16.5. The number of hydrogen-bond donors (Lipinski definition) is 2. The van der Waals surface area contributed by atoms with Gasteiger partial charge in [-0.05, 0) is 47.5 Å². The number of carbonyl (C=O) groups is 2. The van der Waals surface area contributed by atoms with E-state index in [4.69, 9.17) is 9.47 Å². The van der Waals surface area contributed by atoms with Gasteiger partial charge in [-0.1, -0.05) is 30.3 Å². The minimum absolute atomic E-state index is 0.0787. The molecule has 0 aliphatic carbocycles. The van der Waals surface area contributed by atoms with Crippen LogP contribution in [0.3, 0.4) is 0 Å². The fourth-order valence-electron chi connectivity index (χ4n) is 3.50. The van der Waals surface area contributed by atoms with Crippen LogP contribution in [-0.2, 0) is 17.7 Å². The van der Waals surface area contributed by atoms with Crippen LogP contribution in [0.15, 0.2) is 66.7 Å². The summed E-state index contributed by atoms with van der Waals surface area (Å²) in [5.74, 6) is -0.0140. The first kappa shape index (κ1) is 19.5. The summed E-state index contributed by atoms with van der Waals surface area (Å²) in [4.78, 5) is 25.1. The van der Waals surface area contributed by atoms with Crippen LogP contribution in [0.1, 0.15) is 43.5 Å². The molecular formula is C24H21NO5. The molecule has 0 bridgehead atoms. The number of hydrogen-bond acceptors (Lipinski definition) is 5. The maximum Gasteiger partial charge on any atom is 0.339 e. The molecule has 3 aromatic rings. The van der Waals surface area contributed by atoms with E-state index in [1.807, 2.05) is 30.3 Å². The number of carbonyl (C=O) groups excluding carboxylic acids is 2. The Labute approximate surface area is 174 Å². The Balaban J connectivity index is 1.51. The number of benzene rings is 3. The van der Waals surface area contributed by atoms with E-state index in [9.17, 15) is 14.7 Å². The molecule has 1 aliphatic rings. The number of methoxy groups -OCH3 is 1. The van der Waals surface area contributed by atoms with Crippen molar-refractivity contribution in [3.63, 3.8) is 0 Å². The van der Waals surface area contributed by atoms with Crippen LogP contribution in [0.5, 0.6) is 11.5 Å². The van der Waals surface area contributed by atoms with Gasteiger partial charge in [0.15, 0.2) is 0 Å². The summed E-state index contributed by atoms with van der Waals surface area (Å²) in [5, 5.41) is 12.8. The predicted octanol–water partition coefficient (Wildman–Crippen LogP) is 3.79. The highest BCUT2D eigenvalue weighted by Gasteiger charge is 2.28. The van der Waals surface area contributed by atoms with E-state index in [0.717, 1.165) is 11.1 Å². The molecule has 1 aliphatic heterocycles. The van der Waals surface area contributed by atoms with Gasteiger partial charge in [0.25, 0.3) is 5.91 Å². The summed E-state index contributed by atoms with van der Waals surface area (Å²) in [6.45, 7) is 0.146. The number of cyclic esters (lactones) is 1. The van der Waals surface area contributed by atoms with Crippen molar-refractivity contribution in [1.82, 2.24) is 5.32 Å². The lowest BCUT2D eigenvalue weighted by Gasteiger charge is -2.25. The van der Waals surface area contributed by atoms with Crippen LogP contribution in [0.2, 0.25) is 0 Å². The standard InChI is InChI=1S/C24H21NO5/c1-29-19-8-10-21(26)18(12-19)14-25-23(27)16-7-9-20-17(11-16)13-22(30-24(20)28)15-5-3-2-4-6-15/h2-12,22,26H,13-14H2,1H3,(H,25,27). The SMILES string of the molecule is COc1ccc(O)c(CNC(=O)c2ccc3c(c2)CC(c2ccccc2)OC3=O)c1. The summed E-state index contributed by atoms with van der Waals surface area (Å²) >= 11 is 0. The number of ether oxygens (including phenoxy) is 2. The van der Waals surface area contributed by atoms with Gasteiger partial charge in [-0.2, -0.15) is 0 Å². The van der Waals surface area contributed by atoms with Gasteiger partial charge < -0.3 is 19.9 Å². The van der Waals surface area contributed by atoms with Crippen molar-refractivity contribution < 1.29 is 24.2 Å². The van der Waals surface area contributed by atoms with Gasteiger partial charge in [0.05, 0.1) is 12.7 Å². The molecule has 152 valence electrons. The molecule has 1 amide bonds. The summed E-state index contributed by atoms with van der Waals surface area (Å²) in [6, 6.07) is 19.3. The van der Waals surface area contributed by atoms with Crippen molar-refractivity contribution in [2.24, 2.45) is 0 Å². The zero-order chi connectivity index (χ0) is 21.1. The van der Waals surface area contributed by atoms with Crippen LogP contribution in [-0.4, -0.2) is 24.1 Å². The highest BCUT2D eigenvalue weighted by Crippen LogP contribution is 2.31. The Morgan fingerprint density at radius 1 is 1.13 bits per heavy atom. The van der Waals surface area contributed by atoms with E-state index in [0.29, 0.717) is 28.9 Å². The van der Waals surface area contributed by atoms with Crippen LogP contribution < -0.4 is 10.1 Å². The Kier molecular flexibility index (Phi) is 5.39. The van der Waals surface area contributed by atoms with Crippen LogP contribution >= 0.6 is 0 Å². The van der Waals surface area contributed by atoms with E-state index >= 15 is 0 Å². The number of phenols is 1. The first-order valence-corrected chi connectivity index (χ1v) is 9.58. The Hall–Kier alpha value is -3.80. The van der Waals surface area contributed by atoms with Gasteiger partial charge in [-0.15, -0.1) is 0 Å². The van der Waals surface area contributed by atoms with Crippen molar-refractivity contribution in [1.29, 1.82) is 0 Å². The molecule has 0 aromatic heterocycles. The Bertz CT molecular complexity index is 1090. The average molecular weight is 403 g/mol.